The SMILES string of the molecule is CS(=O)(=O)OCC1CCN(c2cccc(-c3cnc4ccc(N5CCC[C@@H]5c5cccc(F)c5)nn34)n2)CC1. The third kappa shape index (κ3) is 5.60. The van der Waals surface area contributed by atoms with E-state index in [4.69, 9.17) is 14.3 Å². The van der Waals surface area contributed by atoms with Crippen LogP contribution >= 0.6 is 0 Å². The summed E-state index contributed by atoms with van der Waals surface area (Å²) in [6.45, 7) is 2.64. The number of halogens is 1. The molecule has 0 N–H and O–H groups in total. The Hall–Kier alpha value is -3.57. The van der Waals surface area contributed by atoms with Crippen LogP contribution in [0.25, 0.3) is 17.0 Å². The fourth-order valence-electron chi connectivity index (χ4n) is 5.58. The summed E-state index contributed by atoms with van der Waals surface area (Å²) >= 11 is 0. The molecule has 0 radical (unpaired) electrons. The predicted molar refractivity (Wildman–Crippen MR) is 148 cm³/mol. The molecule has 0 aliphatic carbocycles. The lowest BCUT2D eigenvalue weighted by Crippen LogP contribution is -2.35. The third-order valence-electron chi connectivity index (χ3n) is 7.58. The minimum atomic E-state index is -3.42. The van der Waals surface area contributed by atoms with Gasteiger partial charge in [0.05, 0.1) is 30.8 Å². The summed E-state index contributed by atoms with van der Waals surface area (Å²) in [6.07, 6.45) is 6.51. The molecule has 0 spiro atoms. The zero-order valence-electron chi connectivity index (χ0n) is 21.8. The molecule has 9 nitrogen and oxygen atoms in total. The van der Waals surface area contributed by atoms with Crippen molar-refractivity contribution in [3.63, 3.8) is 0 Å². The highest BCUT2D eigenvalue weighted by molar-refractivity contribution is 7.85. The van der Waals surface area contributed by atoms with Gasteiger partial charge in [-0.05, 0) is 73.6 Å². The monoisotopic (exact) mass is 550 g/mol. The fourth-order valence-corrected chi connectivity index (χ4v) is 6.02. The molecule has 1 aromatic carbocycles. The third-order valence-corrected chi connectivity index (χ3v) is 8.15. The van der Waals surface area contributed by atoms with Gasteiger partial charge in [0.1, 0.15) is 23.1 Å². The van der Waals surface area contributed by atoms with Crippen LogP contribution in [0.15, 0.2) is 60.8 Å². The van der Waals surface area contributed by atoms with E-state index in [1.165, 1.54) is 6.07 Å². The van der Waals surface area contributed by atoms with E-state index in [2.05, 4.69) is 14.8 Å². The van der Waals surface area contributed by atoms with Crippen molar-refractivity contribution >= 4 is 27.4 Å². The molecule has 1 atom stereocenters. The maximum Gasteiger partial charge on any atom is 0.264 e. The smallest absolute Gasteiger partial charge is 0.264 e. The van der Waals surface area contributed by atoms with Gasteiger partial charge in [-0.2, -0.15) is 8.42 Å². The molecule has 2 fully saturated rings. The van der Waals surface area contributed by atoms with Gasteiger partial charge in [0.15, 0.2) is 5.65 Å². The Balaban J connectivity index is 1.23. The molecular weight excluding hydrogens is 519 g/mol. The molecule has 11 heteroatoms. The van der Waals surface area contributed by atoms with Crippen LogP contribution in [0.1, 0.15) is 37.3 Å². The van der Waals surface area contributed by atoms with Gasteiger partial charge < -0.3 is 9.80 Å². The molecule has 3 aromatic heterocycles. The average Bonchev–Trinajstić information content (AvgIpc) is 3.59. The molecule has 5 heterocycles. The molecular formula is C28H31FN6O3S. The summed E-state index contributed by atoms with van der Waals surface area (Å²) in [5, 5.41) is 4.95. The number of hydrogen-bond acceptors (Lipinski definition) is 8. The molecule has 2 saturated heterocycles. The Morgan fingerprint density at radius 1 is 1.00 bits per heavy atom. The molecule has 4 aromatic rings. The zero-order valence-corrected chi connectivity index (χ0v) is 22.6. The average molecular weight is 551 g/mol. The van der Waals surface area contributed by atoms with E-state index in [0.29, 0.717) is 0 Å². The van der Waals surface area contributed by atoms with E-state index in [1.807, 2.05) is 40.9 Å². The Morgan fingerprint density at radius 3 is 2.62 bits per heavy atom. The number of imidazole rings is 1. The maximum atomic E-state index is 13.9. The molecule has 204 valence electrons. The standard InChI is InChI=1S/C28H31FN6O3S/c1-39(36,37)38-19-20-12-15-33(16-13-20)27-9-3-7-23(31-27)25-18-30-26-10-11-28(32-35(25)26)34-14-4-8-24(34)21-5-2-6-22(29)17-21/h2-3,5-7,9-11,17-18,20,24H,4,8,12-16,19H2,1H3/t24-/m1/s1. The van der Waals surface area contributed by atoms with Crippen molar-refractivity contribution in [2.24, 2.45) is 5.92 Å². The van der Waals surface area contributed by atoms with Gasteiger partial charge in [-0.3, -0.25) is 4.18 Å². The molecule has 0 unspecified atom stereocenters. The largest absolute Gasteiger partial charge is 0.357 e. The molecule has 0 bridgehead atoms. The second kappa shape index (κ2) is 10.5. The van der Waals surface area contributed by atoms with E-state index in [-0.39, 0.29) is 24.4 Å². The zero-order chi connectivity index (χ0) is 27.0. The summed E-state index contributed by atoms with van der Waals surface area (Å²) in [7, 11) is -3.42. The molecule has 2 aliphatic rings. The number of fused-ring (bicyclic) bond motifs is 1. The van der Waals surface area contributed by atoms with Crippen molar-refractivity contribution in [2.45, 2.75) is 31.7 Å². The van der Waals surface area contributed by atoms with Crippen molar-refractivity contribution in [3.8, 4) is 11.4 Å². The van der Waals surface area contributed by atoms with Crippen molar-refractivity contribution in [1.82, 2.24) is 19.6 Å². The molecule has 2 aliphatic heterocycles. The van der Waals surface area contributed by atoms with E-state index in [1.54, 1.807) is 18.3 Å². The fraction of sp³-hybridized carbons (Fsp3) is 0.393. The van der Waals surface area contributed by atoms with Crippen LogP contribution in [0.4, 0.5) is 16.0 Å². The van der Waals surface area contributed by atoms with Gasteiger partial charge in [0.25, 0.3) is 10.1 Å². The van der Waals surface area contributed by atoms with Gasteiger partial charge in [-0.15, -0.1) is 5.10 Å². The van der Waals surface area contributed by atoms with E-state index < -0.39 is 10.1 Å². The lowest BCUT2D eigenvalue weighted by atomic mass is 9.98. The van der Waals surface area contributed by atoms with Crippen molar-refractivity contribution in [3.05, 3.63) is 72.2 Å². The second-order valence-corrected chi connectivity index (χ2v) is 12.0. The van der Waals surface area contributed by atoms with Crippen LogP contribution < -0.4 is 9.80 Å². The highest BCUT2D eigenvalue weighted by Gasteiger charge is 2.28. The Bertz CT molecular complexity index is 1590. The van der Waals surface area contributed by atoms with Crippen molar-refractivity contribution < 1.29 is 17.0 Å². The highest BCUT2D eigenvalue weighted by Crippen LogP contribution is 2.36. The summed E-state index contributed by atoms with van der Waals surface area (Å²) in [5.74, 6) is 1.68. The number of anilines is 2. The minimum absolute atomic E-state index is 0.0739. The molecule has 6 rings (SSSR count). The van der Waals surface area contributed by atoms with Crippen LogP contribution in [0, 0.1) is 11.7 Å². The first kappa shape index (κ1) is 25.7. The van der Waals surface area contributed by atoms with Gasteiger partial charge in [0.2, 0.25) is 0 Å². The quantitative estimate of drug-likeness (QED) is 0.312. The second-order valence-electron chi connectivity index (χ2n) is 10.3. The van der Waals surface area contributed by atoms with Crippen LogP contribution in [0.3, 0.4) is 0 Å². The minimum Gasteiger partial charge on any atom is -0.357 e. The first-order valence-electron chi connectivity index (χ1n) is 13.3. The number of hydrogen-bond donors (Lipinski definition) is 0. The predicted octanol–water partition coefficient (Wildman–Crippen LogP) is 4.46. The summed E-state index contributed by atoms with van der Waals surface area (Å²) in [6, 6.07) is 16.8. The van der Waals surface area contributed by atoms with Crippen LogP contribution in [0.5, 0.6) is 0 Å². The first-order chi connectivity index (χ1) is 18.8. The number of benzene rings is 1. The first-order valence-corrected chi connectivity index (χ1v) is 15.1. The van der Waals surface area contributed by atoms with Gasteiger partial charge >= 0.3 is 0 Å². The summed E-state index contributed by atoms with van der Waals surface area (Å²) < 4.78 is 43.4. The van der Waals surface area contributed by atoms with Crippen molar-refractivity contribution in [1.29, 1.82) is 0 Å². The van der Waals surface area contributed by atoms with Crippen molar-refractivity contribution in [2.75, 3.05) is 42.3 Å². The molecule has 0 saturated carbocycles. The van der Waals surface area contributed by atoms with Gasteiger partial charge in [0, 0.05) is 19.6 Å². The van der Waals surface area contributed by atoms with Gasteiger partial charge in [-0.25, -0.2) is 18.9 Å². The Morgan fingerprint density at radius 2 is 1.82 bits per heavy atom. The maximum absolute atomic E-state index is 13.9. The number of rotatable bonds is 7. The van der Waals surface area contributed by atoms with Crippen LogP contribution in [0.2, 0.25) is 0 Å². The van der Waals surface area contributed by atoms with E-state index >= 15 is 0 Å². The lowest BCUT2D eigenvalue weighted by Gasteiger charge is -2.32. The summed E-state index contributed by atoms with van der Waals surface area (Å²) in [4.78, 5) is 14.0. The lowest BCUT2D eigenvalue weighted by molar-refractivity contribution is 0.229. The normalized spacial score (nSPS) is 18.8. The molecule has 0 amide bonds. The number of nitrogens with zero attached hydrogens (tertiary/aromatic N) is 6. The van der Waals surface area contributed by atoms with E-state index in [9.17, 15) is 12.8 Å². The van der Waals surface area contributed by atoms with Crippen LogP contribution in [-0.2, 0) is 14.3 Å². The van der Waals surface area contributed by atoms with E-state index in [0.717, 1.165) is 85.8 Å². The summed E-state index contributed by atoms with van der Waals surface area (Å²) in [5.41, 5.74) is 3.26. The van der Waals surface area contributed by atoms with Gasteiger partial charge in [-0.1, -0.05) is 18.2 Å². The number of piperidine rings is 1. The Kier molecular flexibility index (Phi) is 6.94. The highest BCUT2D eigenvalue weighted by atomic mass is 32.2. The molecule has 39 heavy (non-hydrogen) atoms. The topological polar surface area (TPSA) is 92.9 Å². The number of aromatic nitrogens is 4. The Labute approximate surface area is 227 Å². The van der Waals surface area contributed by atoms with Crippen LogP contribution in [-0.4, -0.2) is 60.5 Å². The number of pyridine rings is 1.